The molecule has 0 atom stereocenters. The smallest absolute Gasteiger partial charge is 0.506 e. The number of esters is 3. The quantitative estimate of drug-likeness (QED) is 0.0135. The fourth-order valence-electron chi connectivity index (χ4n) is 12.3. The molecule has 0 amide bonds. The Morgan fingerprint density at radius 1 is 0.392 bits per heavy atom. The van der Waals surface area contributed by atoms with E-state index in [1.807, 2.05) is 91.0 Å². The molecule has 0 saturated carbocycles. The SMILES string of the molecule is CCOC(=O)c1c(NCc2ccc(OC(F)(F)F)cc2)c2c(C)ncnc2n(OCc2ccccc2)c1=O.CCOC(=O)c1c(O)c2c(C)ncnc2n(OCc2ccccc2)c1=O.CCOC(=O)c1c(OS(=O)(=O)C(F)(F)F)c2c(C)ncnc2n(OCc2ccccc2)c1=O.Cc1ncnc2c1c(NCc1ccc(OC(F)(F)F)cc1)cc(=O)n2OCc1ccccc1. The van der Waals surface area contributed by atoms with E-state index >= 15 is 0 Å². The minimum atomic E-state index is -6.27. The number of ether oxygens (including phenoxy) is 5. The molecule has 0 bridgehead atoms. The van der Waals surface area contributed by atoms with Crippen molar-refractivity contribution in [1.82, 2.24) is 58.8 Å². The monoisotopic (exact) mass is 1830 g/mol. The zero-order chi connectivity index (χ0) is 93.8. The van der Waals surface area contributed by atoms with Gasteiger partial charge in [-0.25, -0.2) is 54.3 Å². The van der Waals surface area contributed by atoms with Crippen molar-refractivity contribution >= 4 is 83.5 Å². The van der Waals surface area contributed by atoms with Crippen LogP contribution in [-0.4, -0.2) is 128 Å². The van der Waals surface area contributed by atoms with Gasteiger partial charge in [0.2, 0.25) is 0 Å². The van der Waals surface area contributed by atoms with E-state index in [-0.39, 0.29) is 104 Å². The van der Waals surface area contributed by atoms with Gasteiger partial charge in [0, 0.05) is 19.2 Å². The fourth-order valence-corrected chi connectivity index (χ4v) is 12.8. The number of halogens is 9. The molecule has 0 saturated heterocycles. The van der Waals surface area contributed by atoms with Crippen LogP contribution >= 0.6 is 0 Å². The fraction of sp³-hybridized carbons (Fsp3) is 0.221. The zero-order valence-electron chi connectivity index (χ0n) is 69.3. The number of aromatic hydroxyl groups is 1. The van der Waals surface area contributed by atoms with Gasteiger partial charge in [0.15, 0.2) is 45.0 Å². The topological polar surface area (TPSA) is 413 Å². The molecule has 8 aromatic heterocycles. The number of anilines is 2. The minimum absolute atomic E-state index is 0.0194. The van der Waals surface area contributed by atoms with E-state index in [0.717, 1.165) is 37.2 Å². The van der Waals surface area contributed by atoms with Crippen LogP contribution in [0.1, 0.15) is 108 Å². The summed E-state index contributed by atoms with van der Waals surface area (Å²) in [7, 11) is -6.27. The summed E-state index contributed by atoms with van der Waals surface area (Å²) in [5.74, 6) is -5.63. The first-order valence-electron chi connectivity index (χ1n) is 38.6. The Kier molecular flexibility index (Phi) is 30.7. The molecule has 8 heterocycles. The van der Waals surface area contributed by atoms with E-state index in [1.165, 1.54) is 87.4 Å². The molecule has 130 heavy (non-hydrogen) atoms. The number of hydrogen-bond donors (Lipinski definition) is 3. The molecule has 6 aromatic carbocycles. The average molecular weight is 1830 g/mol. The summed E-state index contributed by atoms with van der Waals surface area (Å²) in [5, 5.41) is 17.3. The summed E-state index contributed by atoms with van der Waals surface area (Å²) in [4.78, 5) is 145. The normalized spacial score (nSPS) is 11.4. The van der Waals surface area contributed by atoms with Gasteiger partial charge >= 0.3 is 62.9 Å². The lowest BCUT2D eigenvalue weighted by Gasteiger charge is -2.19. The van der Waals surface area contributed by atoms with E-state index in [0.29, 0.717) is 60.6 Å². The van der Waals surface area contributed by atoms with Crippen molar-refractivity contribution in [1.29, 1.82) is 0 Å². The third-order valence-corrected chi connectivity index (χ3v) is 19.1. The van der Waals surface area contributed by atoms with Crippen LogP contribution in [0.25, 0.3) is 44.1 Å². The Morgan fingerprint density at radius 2 is 0.715 bits per heavy atom. The minimum Gasteiger partial charge on any atom is -0.506 e. The first-order valence-corrected chi connectivity index (χ1v) is 40.1. The highest BCUT2D eigenvalue weighted by Crippen LogP contribution is 2.36. The van der Waals surface area contributed by atoms with Gasteiger partial charge in [-0.3, -0.25) is 19.2 Å². The predicted octanol–water partition coefficient (Wildman–Crippen LogP) is 12.4. The maximum atomic E-state index is 13.6. The molecule has 14 rings (SSSR count). The summed E-state index contributed by atoms with van der Waals surface area (Å²) in [6.45, 7) is 11.2. The van der Waals surface area contributed by atoms with Gasteiger partial charge in [-0.1, -0.05) is 146 Å². The number of fused-ring (bicyclic) bond motifs is 4. The van der Waals surface area contributed by atoms with E-state index in [2.05, 4.69) is 64.2 Å². The van der Waals surface area contributed by atoms with Gasteiger partial charge in [-0.2, -0.15) is 21.6 Å². The van der Waals surface area contributed by atoms with Gasteiger partial charge in [-0.05, 0) is 106 Å². The Balaban J connectivity index is 0.000000169. The summed E-state index contributed by atoms with van der Waals surface area (Å²) < 4.78 is 167. The number of carbonyl (C=O) groups is 3. The first kappa shape index (κ1) is 94.9. The largest absolute Gasteiger partial charge is 0.573 e. The van der Waals surface area contributed by atoms with Crippen molar-refractivity contribution in [3.8, 4) is 23.0 Å². The van der Waals surface area contributed by atoms with Crippen molar-refractivity contribution in [3.05, 3.63) is 315 Å². The highest BCUT2D eigenvalue weighted by atomic mass is 32.2. The number of nitrogens with zero attached hydrogens (tertiary/aromatic N) is 12. The molecule has 34 nitrogen and oxygen atoms in total. The van der Waals surface area contributed by atoms with Gasteiger partial charge in [0.25, 0.3) is 5.56 Å². The summed E-state index contributed by atoms with van der Waals surface area (Å²) in [6.07, 6.45) is -4.70. The number of hydrogen-bond acceptors (Lipinski definition) is 30. The first-order chi connectivity index (χ1) is 62.0. The second kappa shape index (κ2) is 42.0. The van der Waals surface area contributed by atoms with Gasteiger partial charge in [0.1, 0.15) is 69.0 Å². The molecule has 678 valence electrons. The maximum absolute atomic E-state index is 13.6. The number of carbonyl (C=O) groups excluding carboxylic acids is 3. The molecule has 0 spiro atoms. The molecule has 14 aromatic rings. The standard InChI is InChI=1S/C26H23F3N4O5.C23H19F3N4O3.C19H16F3N3O7S.C18H17N3O5/c1-3-36-25(35)21-22(30-13-17-9-11-19(12-10-17)38-26(27,28)29)20-16(2)31-15-32-23(20)33(24(21)34)37-14-18-7-5-4-6-8-18;1-15-21-19(27-12-16-7-9-18(10-8-16)33-23(24,25)26)11-20(31)30(22(21)29-14-28-15)32-13-17-5-3-2-4-6-17;1-3-30-18(27)14-15(32-33(28,29)19(20,21)22)13-11(2)23-10-24-16(13)25(17(14)26)31-9-12-7-5-4-6-8-12;1-3-25-18(24)14-15(22)13-11(2)19-10-20-16(13)21(17(14)23)26-9-12-7-5-4-6-8-12/h4-12,15,30H,3,13-14H2,1-2H3;2-11,14,27H,12-13H2,1H3;4-8,10H,3,9H2,1-2H3;4-8,10,22H,3,9H2,1-2H3. The lowest BCUT2D eigenvalue weighted by Crippen LogP contribution is -2.35. The van der Waals surface area contributed by atoms with Gasteiger partial charge in [-0.15, -0.1) is 45.3 Å². The molecule has 0 radical (unpaired) electrons. The van der Waals surface area contributed by atoms with Crippen LogP contribution in [0.2, 0.25) is 0 Å². The van der Waals surface area contributed by atoms with E-state index in [1.54, 1.807) is 65.0 Å². The lowest BCUT2D eigenvalue weighted by molar-refractivity contribution is -0.275. The number of alkyl halides is 9. The molecule has 0 aliphatic heterocycles. The van der Waals surface area contributed by atoms with Crippen LogP contribution in [0.5, 0.6) is 23.0 Å². The number of aryl methyl sites for hydroxylation is 4. The van der Waals surface area contributed by atoms with E-state index < -0.39 is 102 Å². The van der Waals surface area contributed by atoms with Crippen LogP contribution in [0.15, 0.2) is 220 Å². The summed E-state index contributed by atoms with van der Waals surface area (Å²) in [6, 6.07) is 48.3. The van der Waals surface area contributed by atoms with Crippen molar-refractivity contribution in [2.24, 2.45) is 0 Å². The molecule has 0 fully saturated rings. The predicted molar refractivity (Wildman–Crippen MR) is 447 cm³/mol. The molecule has 44 heteroatoms. The second-order valence-electron chi connectivity index (χ2n) is 27.1. The van der Waals surface area contributed by atoms with Gasteiger partial charge < -0.3 is 63.0 Å². The third-order valence-electron chi connectivity index (χ3n) is 18.2. The van der Waals surface area contributed by atoms with E-state index in [9.17, 15) is 86.6 Å². The Morgan fingerprint density at radius 3 is 1.11 bits per heavy atom. The van der Waals surface area contributed by atoms with Crippen molar-refractivity contribution in [2.75, 3.05) is 30.5 Å². The number of aromatic nitrogens is 12. The molecule has 3 N–H and O–H groups in total. The Bertz CT molecular complexity index is 6790. The zero-order valence-corrected chi connectivity index (χ0v) is 70.1. The van der Waals surface area contributed by atoms with Crippen LogP contribution < -0.4 is 65.9 Å². The van der Waals surface area contributed by atoms with Crippen molar-refractivity contribution < 1.29 is 115 Å². The van der Waals surface area contributed by atoms with Crippen molar-refractivity contribution in [3.63, 3.8) is 0 Å². The summed E-state index contributed by atoms with van der Waals surface area (Å²) in [5.41, 5.74) is -4.71. The van der Waals surface area contributed by atoms with Crippen molar-refractivity contribution in [2.45, 2.75) is 106 Å². The number of nitrogens with one attached hydrogen (secondary N) is 2. The van der Waals surface area contributed by atoms with Crippen LogP contribution in [-0.2, 0) is 63.8 Å². The maximum Gasteiger partial charge on any atom is 0.573 e. The molecule has 0 aliphatic carbocycles. The van der Waals surface area contributed by atoms with Crippen LogP contribution in [0.4, 0.5) is 50.9 Å². The third kappa shape index (κ3) is 23.5. The highest BCUT2D eigenvalue weighted by molar-refractivity contribution is 7.88. The second-order valence-corrected chi connectivity index (χ2v) is 28.6. The molecule has 0 aliphatic rings. The highest BCUT2D eigenvalue weighted by Gasteiger charge is 2.50. The molecule has 0 unspecified atom stereocenters. The van der Waals surface area contributed by atoms with Crippen LogP contribution in [0.3, 0.4) is 0 Å². The number of benzene rings is 6. The van der Waals surface area contributed by atoms with Gasteiger partial charge in [0.05, 0.1) is 75.5 Å². The summed E-state index contributed by atoms with van der Waals surface area (Å²) >= 11 is 0. The number of rotatable bonds is 28. The Labute approximate surface area is 728 Å². The average Bonchev–Trinajstić information content (AvgIpc) is 0.750. The lowest BCUT2D eigenvalue weighted by atomic mass is 10.1. The molecular formula is C86H75F9N14O20S. The Hall–Kier alpha value is -15.8. The number of pyridine rings is 4. The molecular weight excluding hydrogens is 1750 g/mol. The van der Waals surface area contributed by atoms with E-state index in [4.69, 9.17) is 33.6 Å². The van der Waals surface area contributed by atoms with Crippen LogP contribution in [0, 0.1) is 27.7 Å².